The van der Waals surface area contributed by atoms with E-state index in [1.54, 1.807) is 14.2 Å². The number of fused-ring (bicyclic) bond motifs is 1. The van der Waals surface area contributed by atoms with Crippen LogP contribution in [0.5, 0.6) is 11.5 Å². The number of anilines is 2. The van der Waals surface area contributed by atoms with Crippen LogP contribution in [-0.4, -0.2) is 24.2 Å². The maximum absolute atomic E-state index is 5.42. The van der Waals surface area contributed by atoms with E-state index in [1.165, 1.54) is 6.33 Å². The monoisotopic (exact) mass is 359 g/mol. The number of aromatic nitrogens is 2. The lowest BCUT2D eigenvalue weighted by molar-refractivity contribution is 0.415. The van der Waals surface area contributed by atoms with E-state index in [9.17, 15) is 0 Å². The Kier molecular flexibility index (Phi) is 4.11. The van der Waals surface area contributed by atoms with Gasteiger partial charge in [0, 0.05) is 10.5 Å². The zero-order valence-electron chi connectivity index (χ0n) is 12.1. The zero-order chi connectivity index (χ0) is 15.5. The van der Waals surface area contributed by atoms with Gasteiger partial charge in [-0.05, 0) is 40.2 Å². The fourth-order valence-corrected chi connectivity index (χ4v) is 2.54. The van der Waals surface area contributed by atoms with Crippen molar-refractivity contribution >= 4 is 38.3 Å². The minimum atomic E-state index is 0.677. The van der Waals surface area contributed by atoms with Crippen molar-refractivity contribution in [1.82, 2.24) is 9.97 Å². The highest BCUT2D eigenvalue weighted by atomic mass is 79.9. The first-order chi connectivity index (χ1) is 10.7. The van der Waals surface area contributed by atoms with Gasteiger partial charge in [0.1, 0.15) is 23.6 Å². The zero-order valence-corrected chi connectivity index (χ0v) is 13.7. The first-order valence-electron chi connectivity index (χ1n) is 6.61. The van der Waals surface area contributed by atoms with Crippen LogP contribution in [0.4, 0.5) is 11.5 Å². The van der Waals surface area contributed by atoms with Gasteiger partial charge in [0.15, 0.2) is 0 Å². The summed E-state index contributed by atoms with van der Waals surface area (Å²) in [6.07, 6.45) is 1.53. The Balaban J connectivity index is 2.11. The maximum Gasteiger partial charge on any atom is 0.145 e. The molecule has 0 atom stereocenters. The number of methoxy groups -OCH3 is 2. The number of benzene rings is 2. The van der Waals surface area contributed by atoms with Gasteiger partial charge in [-0.1, -0.05) is 6.07 Å². The summed E-state index contributed by atoms with van der Waals surface area (Å²) in [4.78, 5) is 8.62. The summed E-state index contributed by atoms with van der Waals surface area (Å²) < 4.78 is 11.6. The molecular weight excluding hydrogens is 346 g/mol. The van der Waals surface area contributed by atoms with Gasteiger partial charge < -0.3 is 14.8 Å². The lowest BCUT2D eigenvalue weighted by atomic mass is 10.2. The molecule has 1 N–H and O–H groups in total. The van der Waals surface area contributed by atoms with Gasteiger partial charge in [-0.3, -0.25) is 0 Å². The molecule has 0 aliphatic rings. The third kappa shape index (κ3) is 2.69. The van der Waals surface area contributed by atoms with E-state index in [4.69, 9.17) is 9.47 Å². The van der Waals surface area contributed by atoms with E-state index in [1.807, 2.05) is 36.4 Å². The molecule has 1 heterocycles. The number of nitrogens with zero attached hydrogens (tertiary/aromatic N) is 2. The van der Waals surface area contributed by atoms with Gasteiger partial charge in [0.05, 0.1) is 30.8 Å². The minimum Gasteiger partial charge on any atom is -0.497 e. The molecule has 5 nitrogen and oxygen atoms in total. The Labute approximate surface area is 136 Å². The smallest absolute Gasteiger partial charge is 0.145 e. The van der Waals surface area contributed by atoms with Gasteiger partial charge in [0.25, 0.3) is 0 Å². The molecule has 22 heavy (non-hydrogen) atoms. The Morgan fingerprint density at radius 2 is 1.91 bits per heavy atom. The van der Waals surface area contributed by atoms with Crippen LogP contribution in [0.2, 0.25) is 0 Å². The van der Waals surface area contributed by atoms with E-state index in [0.29, 0.717) is 5.82 Å². The molecule has 3 aromatic rings. The van der Waals surface area contributed by atoms with Gasteiger partial charge in [-0.2, -0.15) is 0 Å². The van der Waals surface area contributed by atoms with Gasteiger partial charge in [-0.15, -0.1) is 0 Å². The molecule has 0 fully saturated rings. The molecule has 0 saturated carbocycles. The lowest BCUT2D eigenvalue weighted by Gasteiger charge is -2.13. The van der Waals surface area contributed by atoms with E-state index in [-0.39, 0.29) is 0 Å². The third-order valence-corrected chi connectivity index (χ3v) is 3.96. The van der Waals surface area contributed by atoms with Crippen molar-refractivity contribution in [3.63, 3.8) is 0 Å². The van der Waals surface area contributed by atoms with E-state index >= 15 is 0 Å². The van der Waals surface area contributed by atoms with Crippen LogP contribution >= 0.6 is 15.9 Å². The number of ether oxygens (including phenoxy) is 2. The van der Waals surface area contributed by atoms with Gasteiger partial charge in [0.2, 0.25) is 0 Å². The highest BCUT2D eigenvalue weighted by Gasteiger charge is 2.11. The lowest BCUT2D eigenvalue weighted by Crippen LogP contribution is -1.99. The summed E-state index contributed by atoms with van der Waals surface area (Å²) in [6.45, 7) is 0. The molecule has 3 rings (SSSR count). The predicted molar refractivity (Wildman–Crippen MR) is 90.1 cm³/mol. The van der Waals surface area contributed by atoms with Crippen LogP contribution in [0.25, 0.3) is 10.9 Å². The molecule has 1 aromatic heterocycles. The second kappa shape index (κ2) is 6.19. The molecule has 0 aliphatic carbocycles. The molecule has 2 aromatic carbocycles. The van der Waals surface area contributed by atoms with Crippen LogP contribution in [0, 0.1) is 0 Å². The van der Waals surface area contributed by atoms with Crippen molar-refractivity contribution < 1.29 is 9.47 Å². The highest BCUT2D eigenvalue weighted by Crippen LogP contribution is 2.34. The van der Waals surface area contributed by atoms with Crippen molar-refractivity contribution in [3.05, 3.63) is 47.2 Å². The highest BCUT2D eigenvalue weighted by molar-refractivity contribution is 9.10. The van der Waals surface area contributed by atoms with Crippen molar-refractivity contribution in [1.29, 1.82) is 0 Å². The molecule has 0 saturated heterocycles. The quantitative estimate of drug-likeness (QED) is 0.757. The van der Waals surface area contributed by atoms with Gasteiger partial charge >= 0.3 is 0 Å². The Bertz CT molecular complexity index is 818. The van der Waals surface area contributed by atoms with E-state index in [2.05, 4.69) is 31.2 Å². The van der Waals surface area contributed by atoms with Crippen LogP contribution in [0.1, 0.15) is 0 Å². The number of halogens is 1. The second-order valence-corrected chi connectivity index (χ2v) is 5.40. The molecule has 0 aliphatic heterocycles. The van der Waals surface area contributed by atoms with E-state index in [0.717, 1.165) is 32.6 Å². The Hall–Kier alpha value is -2.34. The summed E-state index contributed by atoms with van der Waals surface area (Å²) >= 11 is 3.52. The average Bonchev–Trinajstić information content (AvgIpc) is 2.56. The average molecular weight is 360 g/mol. The minimum absolute atomic E-state index is 0.677. The van der Waals surface area contributed by atoms with Crippen molar-refractivity contribution in [2.45, 2.75) is 0 Å². The number of hydrogen-bond donors (Lipinski definition) is 1. The number of hydrogen-bond acceptors (Lipinski definition) is 5. The van der Waals surface area contributed by atoms with Crippen LogP contribution < -0.4 is 14.8 Å². The van der Waals surface area contributed by atoms with Crippen molar-refractivity contribution in [2.24, 2.45) is 0 Å². The molecule has 0 unspecified atom stereocenters. The molecule has 112 valence electrons. The standard InChI is InChI=1S/C16H14BrN3O2/c1-21-10-6-7-11(17)13(8-10)20-16-15-12(18-9-19-16)4-3-5-14(15)22-2/h3-9H,1-2H3,(H,18,19,20). The summed E-state index contributed by atoms with van der Waals surface area (Å²) in [7, 11) is 3.27. The summed E-state index contributed by atoms with van der Waals surface area (Å²) in [5, 5.41) is 4.14. The fraction of sp³-hybridized carbons (Fsp3) is 0.125. The fourth-order valence-electron chi connectivity index (χ4n) is 2.20. The summed E-state index contributed by atoms with van der Waals surface area (Å²) in [5.41, 5.74) is 1.67. The summed E-state index contributed by atoms with van der Waals surface area (Å²) in [5.74, 6) is 2.16. The van der Waals surface area contributed by atoms with Crippen LogP contribution in [-0.2, 0) is 0 Å². The largest absolute Gasteiger partial charge is 0.497 e. The first-order valence-corrected chi connectivity index (χ1v) is 7.40. The molecule has 0 spiro atoms. The van der Waals surface area contributed by atoms with Crippen LogP contribution in [0.3, 0.4) is 0 Å². The second-order valence-electron chi connectivity index (χ2n) is 4.55. The molecule has 0 amide bonds. The predicted octanol–water partition coefficient (Wildman–Crippen LogP) is 4.15. The van der Waals surface area contributed by atoms with E-state index < -0.39 is 0 Å². The van der Waals surface area contributed by atoms with Crippen LogP contribution in [0.15, 0.2) is 47.2 Å². The summed E-state index contributed by atoms with van der Waals surface area (Å²) in [6, 6.07) is 11.4. The SMILES string of the molecule is COc1ccc(Br)c(Nc2ncnc3cccc(OC)c23)c1. The normalized spacial score (nSPS) is 10.5. The Morgan fingerprint density at radius 3 is 2.68 bits per heavy atom. The molecule has 6 heteroatoms. The molecular formula is C16H14BrN3O2. The molecule has 0 radical (unpaired) electrons. The van der Waals surface area contributed by atoms with Crippen molar-refractivity contribution in [2.75, 3.05) is 19.5 Å². The third-order valence-electron chi connectivity index (χ3n) is 3.27. The maximum atomic E-state index is 5.42. The topological polar surface area (TPSA) is 56.3 Å². The number of nitrogens with one attached hydrogen (secondary N) is 1. The Morgan fingerprint density at radius 1 is 1.05 bits per heavy atom. The molecule has 0 bridgehead atoms. The first kappa shape index (κ1) is 14.6. The number of rotatable bonds is 4. The van der Waals surface area contributed by atoms with Gasteiger partial charge in [-0.25, -0.2) is 9.97 Å². The van der Waals surface area contributed by atoms with Crippen molar-refractivity contribution in [3.8, 4) is 11.5 Å².